The van der Waals surface area contributed by atoms with Gasteiger partial charge < -0.3 is 24.8 Å². The van der Waals surface area contributed by atoms with Crippen molar-refractivity contribution < 1.29 is 19.0 Å². The Balaban J connectivity index is 1.39. The molecule has 1 aromatic rings. The van der Waals surface area contributed by atoms with Gasteiger partial charge in [-0.25, -0.2) is 0 Å². The van der Waals surface area contributed by atoms with Crippen molar-refractivity contribution in [3.05, 3.63) is 23.3 Å². The molecule has 0 bridgehead atoms. The largest absolute Gasteiger partial charge is 0.494 e. The molecule has 4 rings (SSSR count). The number of morpholine rings is 1. The van der Waals surface area contributed by atoms with Gasteiger partial charge in [0.1, 0.15) is 17.6 Å². The van der Waals surface area contributed by atoms with Gasteiger partial charge in [0.15, 0.2) is 0 Å². The molecule has 26 heavy (non-hydrogen) atoms. The molecule has 2 N–H and O–H groups in total. The molecule has 1 saturated heterocycles. The molecule has 4 atom stereocenters. The van der Waals surface area contributed by atoms with Gasteiger partial charge in [-0.3, -0.25) is 4.79 Å². The Hall–Kier alpha value is -1.79. The molecule has 6 nitrogen and oxygen atoms in total. The molecule has 4 unspecified atom stereocenters. The Morgan fingerprint density at radius 2 is 2.31 bits per heavy atom. The highest BCUT2D eigenvalue weighted by Crippen LogP contribution is 2.48. The summed E-state index contributed by atoms with van der Waals surface area (Å²) in [6.07, 6.45) is 2.56. The van der Waals surface area contributed by atoms with Crippen LogP contribution in [0.5, 0.6) is 11.5 Å². The van der Waals surface area contributed by atoms with Crippen LogP contribution in [0.2, 0.25) is 0 Å². The maximum absolute atomic E-state index is 12.3. The van der Waals surface area contributed by atoms with E-state index >= 15 is 0 Å². The third-order valence-electron chi connectivity index (χ3n) is 5.29. The number of hydrogen-bond donors (Lipinski definition) is 2. The monoisotopic (exact) mass is 360 g/mol. The normalized spacial score (nSPS) is 29.6. The van der Waals surface area contributed by atoms with E-state index in [2.05, 4.69) is 29.7 Å². The molecular formula is C20H28N2O4. The van der Waals surface area contributed by atoms with E-state index in [1.807, 2.05) is 6.92 Å². The Kier molecular flexibility index (Phi) is 5.05. The van der Waals surface area contributed by atoms with Crippen LogP contribution in [0.4, 0.5) is 0 Å². The Morgan fingerprint density at radius 3 is 3.08 bits per heavy atom. The highest BCUT2D eigenvalue weighted by molar-refractivity contribution is 5.77. The molecule has 0 aromatic heterocycles. The second kappa shape index (κ2) is 7.45. The van der Waals surface area contributed by atoms with E-state index in [0.29, 0.717) is 25.6 Å². The molecule has 0 radical (unpaired) electrons. The van der Waals surface area contributed by atoms with Crippen LogP contribution in [-0.2, 0) is 16.0 Å². The fourth-order valence-corrected chi connectivity index (χ4v) is 3.96. The fraction of sp³-hybridized carbons (Fsp3) is 0.650. The SMILES string of the molecule is CCOc1cc2c(cc1C1CC1NC(=O)CC1COCCN1)OC(C)C2. The minimum absolute atomic E-state index is 0.0875. The predicted molar refractivity (Wildman–Crippen MR) is 97.9 cm³/mol. The zero-order chi connectivity index (χ0) is 18.1. The Labute approximate surface area is 154 Å². The van der Waals surface area contributed by atoms with Crippen molar-refractivity contribution in [2.75, 3.05) is 26.4 Å². The van der Waals surface area contributed by atoms with Gasteiger partial charge in [-0.2, -0.15) is 0 Å². The van der Waals surface area contributed by atoms with Crippen LogP contribution in [-0.4, -0.2) is 50.5 Å². The second-order valence-electron chi connectivity index (χ2n) is 7.51. The van der Waals surface area contributed by atoms with Crippen LogP contribution in [0, 0.1) is 0 Å². The molecule has 2 fully saturated rings. The maximum Gasteiger partial charge on any atom is 0.221 e. The third kappa shape index (κ3) is 3.81. The first-order chi connectivity index (χ1) is 12.6. The molecule has 0 spiro atoms. The summed E-state index contributed by atoms with van der Waals surface area (Å²) in [7, 11) is 0. The number of carbonyl (C=O) groups is 1. The number of amides is 1. The first-order valence-corrected chi connectivity index (χ1v) is 9.70. The van der Waals surface area contributed by atoms with Gasteiger partial charge >= 0.3 is 0 Å². The number of nitrogens with one attached hydrogen (secondary N) is 2. The number of ether oxygens (including phenoxy) is 3. The number of benzene rings is 1. The molecule has 1 aromatic carbocycles. The van der Waals surface area contributed by atoms with Crippen LogP contribution in [0.15, 0.2) is 12.1 Å². The summed E-state index contributed by atoms with van der Waals surface area (Å²) in [5.74, 6) is 2.30. The summed E-state index contributed by atoms with van der Waals surface area (Å²) >= 11 is 0. The van der Waals surface area contributed by atoms with Crippen molar-refractivity contribution in [1.29, 1.82) is 0 Å². The first kappa shape index (κ1) is 17.6. The van der Waals surface area contributed by atoms with Crippen molar-refractivity contribution in [3.63, 3.8) is 0 Å². The summed E-state index contributed by atoms with van der Waals surface area (Å²) in [6.45, 7) is 6.87. The summed E-state index contributed by atoms with van der Waals surface area (Å²) in [4.78, 5) is 12.3. The molecule has 6 heteroatoms. The summed E-state index contributed by atoms with van der Waals surface area (Å²) < 4.78 is 17.2. The van der Waals surface area contributed by atoms with Crippen molar-refractivity contribution >= 4 is 5.91 Å². The van der Waals surface area contributed by atoms with E-state index < -0.39 is 0 Å². The van der Waals surface area contributed by atoms with E-state index in [9.17, 15) is 4.79 Å². The van der Waals surface area contributed by atoms with Crippen molar-refractivity contribution in [2.45, 2.75) is 57.2 Å². The van der Waals surface area contributed by atoms with Gasteiger partial charge in [-0.1, -0.05) is 0 Å². The van der Waals surface area contributed by atoms with E-state index in [-0.39, 0.29) is 24.1 Å². The van der Waals surface area contributed by atoms with Crippen LogP contribution >= 0.6 is 0 Å². The fourth-order valence-electron chi connectivity index (χ4n) is 3.96. The lowest BCUT2D eigenvalue weighted by Crippen LogP contribution is -2.44. The van der Waals surface area contributed by atoms with Gasteiger partial charge in [-0.05, 0) is 32.4 Å². The van der Waals surface area contributed by atoms with Gasteiger partial charge in [-0.15, -0.1) is 0 Å². The predicted octanol–water partition coefficient (Wildman–Crippen LogP) is 1.76. The van der Waals surface area contributed by atoms with Gasteiger partial charge in [0.05, 0.1) is 19.8 Å². The molecule has 2 aliphatic heterocycles. The van der Waals surface area contributed by atoms with Crippen molar-refractivity contribution in [2.24, 2.45) is 0 Å². The highest BCUT2D eigenvalue weighted by atomic mass is 16.5. The van der Waals surface area contributed by atoms with Crippen molar-refractivity contribution in [3.8, 4) is 11.5 Å². The topological polar surface area (TPSA) is 68.8 Å². The molecule has 1 aliphatic carbocycles. The van der Waals surface area contributed by atoms with Crippen LogP contribution < -0.4 is 20.1 Å². The lowest BCUT2D eigenvalue weighted by atomic mass is 10.0. The third-order valence-corrected chi connectivity index (χ3v) is 5.29. The maximum atomic E-state index is 12.3. The van der Waals surface area contributed by atoms with Gasteiger partial charge in [0.2, 0.25) is 5.91 Å². The van der Waals surface area contributed by atoms with Crippen LogP contribution in [0.1, 0.15) is 43.7 Å². The quantitative estimate of drug-likeness (QED) is 0.809. The number of rotatable bonds is 6. The lowest BCUT2D eigenvalue weighted by molar-refractivity contribution is -0.122. The van der Waals surface area contributed by atoms with Crippen LogP contribution in [0.25, 0.3) is 0 Å². The summed E-state index contributed by atoms with van der Waals surface area (Å²) in [5, 5.41) is 6.49. The molecule has 2 heterocycles. The van der Waals surface area contributed by atoms with E-state index in [1.165, 1.54) is 5.56 Å². The van der Waals surface area contributed by atoms with Gasteiger partial charge in [0.25, 0.3) is 0 Å². The minimum atomic E-state index is 0.0875. The van der Waals surface area contributed by atoms with E-state index in [4.69, 9.17) is 14.2 Å². The number of hydrogen-bond acceptors (Lipinski definition) is 5. The first-order valence-electron chi connectivity index (χ1n) is 9.70. The van der Waals surface area contributed by atoms with E-state index in [0.717, 1.165) is 43.1 Å². The molecule has 142 valence electrons. The summed E-state index contributed by atoms with van der Waals surface area (Å²) in [6, 6.07) is 4.55. The smallest absolute Gasteiger partial charge is 0.221 e. The van der Waals surface area contributed by atoms with Crippen molar-refractivity contribution in [1.82, 2.24) is 10.6 Å². The zero-order valence-electron chi connectivity index (χ0n) is 15.5. The Bertz CT molecular complexity index is 672. The number of carbonyl (C=O) groups excluding carboxylic acids is 1. The molecule has 3 aliphatic rings. The highest BCUT2D eigenvalue weighted by Gasteiger charge is 2.42. The average molecular weight is 360 g/mol. The number of fused-ring (bicyclic) bond motifs is 1. The van der Waals surface area contributed by atoms with Crippen LogP contribution in [0.3, 0.4) is 0 Å². The molecule has 1 saturated carbocycles. The molecule has 1 amide bonds. The minimum Gasteiger partial charge on any atom is -0.494 e. The Morgan fingerprint density at radius 1 is 1.42 bits per heavy atom. The zero-order valence-corrected chi connectivity index (χ0v) is 15.5. The van der Waals surface area contributed by atoms with E-state index in [1.54, 1.807) is 0 Å². The second-order valence-corrected chi connectivity index (χ2v) is 7.51. The average Bonchev–Trinajstić information content (AvgIpc) is 3.26. The standard InChI is InChI=1S/C20H28N2O4/c1-3-25-19-7-13-6-12(2)26-18(13)10-16(19)15-9-17(15)22-20(23)8-14-11-24-5-4-21-14/h7,10,12,14-15,17,21H,3-6,8-9,11H2,1-2H3,(H,22,23). The van der Waals surface area contributed by atoms with Gasteiger partial charge in [0, 0.05) is 48.5 Å². The lowest BCUT2D eigenvalue weighted by Gasteiger charge is -2.23. The molecular weight excluding hydrogens is 332 g/mol. The summed E-state index contributed by atoms with van der Waals surface area (Å²) in [5.41, 5.74) is 2.37.